The molecule has 104 valence electrons. The summed E-state index contributed by atoms with van der Waals surface area (Å²) in [6.07, 6.45) is 1.67. The van der Waals surface area contributed by atoms with Gasteiger partial charge in [0.15, 0.2) is 0 Å². The van der Waals surface area contributed by atoms with Crippen molar-refractivity contribution < 1.29 is 4.79 Å². The Balaban J connectivity index is 1.77. The quantitative estimate of drug-likeness (QED) is 0.656. The molecule has 2 rings (SSSR count). The minimum Gasteiger partial charge on any atom is -0.376 e. The van der Waals surface area contributed by atoms with Crippen LogP contribution in [0.1, 0.15) is 16.0 Å². The number of thiophene rings is 1. The summed E-state index contributed by atoms with van der Waals surface area (Å²) in [5.41, 5.74) is 5.77. The van der Waals surface area contributed by atoms with Gasteiger partial charge in [0.05, 0.1) is 12.8 Å². The Hall–Kier alpha value is -2.14. The van der Waals surface area contributed by atoms with E-state index in [1.165, 1.54) is 5.56 Å². The van der Waals surface area contributed by atoms with Gasteiger partial charge in [-0.15, -0.1) is 11.3 Å². The number of carbonyl (C=O) groups is 1. The van der Waals surface area contributed by atoms with E-state index in [-0.39, 0.29) is 12.5 Å². The van der Waals surface area contributed by atoms with E-state index in [0.717, 1.165) is 16.1 Å². The maximum Gasteiger partial charge on any atom is 0.259 e. The van der Waals surface area contributed by atoms with Gasteiger partial charge < -0.3 is 5.32 Å². The molecule has 0 atom stereocenters. The molecule has 0 aliphatic heterocycles. The summed E-state index contributed by atoms with van der Waals surface area (Å²) >= 11 is 1.60. The van der Waals surface area contributed by atoms with Crippen molar-refractivity contribution in [1.82, 2.24) is 5.43 Å². The van der Waals surface area contributed by atoms with Gasteiger partial charge in [-0.05, 0) is 43.0 Å². The Bertz CT molecular complexity index is 602. The average Bonchev–Trinajstić information content (AvgIpc) is 2.84. The van der Waals surface area contributed by atoms with Crippen LogP contribution in [0, 0.1) is 13.8 Å². The molecule has 20 heavy (non-hydrogen) atoms. The van der Waals surface area contributed by atoms with E-state index >= 15 is 0 Å². The molecular formula is C15H17N3OS. The molecule has 4 nitrogen and oxygen atoms in total. The van der Waals surface area contributed by atoms with Crippen LogP contribution in [-0.2, 0) is 4.79 Å². The minimum absolute atomic E-state index is 0.170. The number of anilines is 1. The second kappa shape index (κ2) is 6.86. The smallest absolute Gasteiger partial charge is 0.259 e. The zero-order valence-corrected chi connectivity index (χ0v) is 12.3. The zero-order valence-electron chi connectivity index (χ0n) is 11.5. The second-order valence-corrected chi connectivity index (χ2v) is 5.43. The molecule has 0 saturated heterocycles. The van der Waals surface area contributed by atoms with E-state index in [0.29, 0.717) is 0 Å². The zero-order chi connectivity index (χ0) is 14.4. The fourth-order valence-corrected chi connectivity index (χ4v) is 2.36. The number of aryl methyl sites for hydroxylation is 2. The first-order valence-corrected chi connectivity index (χ1v) is 7.19. The monoisotopic (exact) mass is 287 g/mol. The SMILES string of the molecule is Cc1ccc(NCC(=O)NN=Cc2sccc2C)cc1. The first-order chi connectivity index (χ1) is 9.65. The Morgan fingerprint density at radius 2 is 2.00 bits per heavy atom. The number of hydrogen-bond donors (Lipinski definition) is 2. The van der Waals surface area contributed by atoms with Crippen LogP contribution in [0.15, 0.2) is 40.8 Å². The number of hydrogen-bond acceptors (Lipinski definition) is 4. The predicted octanol–water partition coefficient (Wildman–Crippen LogP) is 2.93. The molecule has 0 aliphatic carbocycles. The summed E-state index contributed by atoms with van der Waals surface area (Å²) in [6, 6.07) is 9.91. The van der Waals surface area contributed by atoms with Gasteiger partial charge in [0, 0.05) is 10.6 Å². The first kappa shape index (κ1) is 14.3. The van der Waals surface area contributed by atoms with E-state index in [2.05, 4.69) is 15.8 Å². The molecule has 1 aromatic heterocycles. The highest BCUT2D eigenvalue weighted by atomic mass is 32.1. The lowest BCUT2D eigenvalue weighted by atomic mass is 10.2. The molecule has 0 radical (unpaired) electrons. The summed E-state index contributed by atoms with van der Waals surface area (Å²) in [5, 5.41) is 8.99. The van der Waals surface area contributed by atoms with Crippen LogP contribution in [0.25, 0.3) is 0 Å². The summed E-state index contributed by atoms with van der Waals surface area (Å²) in [5.74, 6) is -0.170. The molecule has 0 saturated carbocycles. The number of rotatable bonds is 5. The fourth-order valence-electron chi connectivity index (χ4n) is 1.57. The molecule has 2 N–H and O–H groups in total. The molecule has 1 aromatic carbocycles. The van der Waals surface area contributed by atoms with Gasteiger partial charge in [-0.3, -0.25) is 4.79 Å². The van der Waals surface area contributed by atoms with Crippen LogP contribution in [0.2, 0.25) is 0 Å². The average molecular weight is 287 g/mol. The van der Waals surface area contributed by atoms with E-state index in [9.17, 15) is 4.79 Å². The molecule has 0 fully saturated rings. The maximum atomic E-state index is 11.6. The second-order valence-electron chi connectivity index (χ2n) is 4.48. The fraction of sp³-hybridized carbons (Fsp3) is 0.200. The maximum absolute atomic E-state index is 11.6. The Morgan fingerprint density at radius 1 is 1.25 bits per heavy atom. The minimum atomic E-state index is -0.170. The summed E-state index contributed by atoms with van der Waals surface area (Å²) in [4.78, 5) is 12.7. The van der Waals surface area contributed by atoms with Gasteiger partial charge in [0.25, 0.3) is 5.91 Å². The van der Waals surface area contributed by atoms with Crippen molar-refractivity contribution in [2.75, 3.05) is 11.9 Å². The van der Waals surface area contributed by atoms with Crippen molar-refractivity contribution in [1.29, 1.82) is 0 Å². The number of hydrazone groups is 1. The number of amides is 1. The van der Waals surface area contributed by atoms with Gasteiger partial charge in [-0.2, -0.15) is 5.10 Å². The van der Waals surface area contributed by atoms with Gasteiger partial charge in [-0.25, -0.2) is 5.43 Å². The van der Waals surface area contributed by atoms with Crippen molar-refractivity contribution in [3.05, 3.63) is 51.7 Å². The summed E-state index contributed by atoms with van der Waals surface area (Å²) in [7, 11) is 0. The number of carbonyl (C=O) groups excluding carboxylic acids is 1. The molecular weight excluding hydrogens is 270 g/mol. The van der Waals surface area contributed by atoms with Crippen molar-refractivity contribution in [2.24, 2.45) is 5.10 Å². The molecule has 1 amide bonds. The summed E-state index contributed by atoms with van der Waals surface area (Å²) in [6.45, 7) is 4.24. The van der Waals surface area contributed by atoms with E-state index in [1.807, 2.05) is 49.6 Å². The van der Waals surface area contributed by atoms with E-state index in [4.69, 9.17) is 0 Å². The number of nitrogens with zero attached hydrogens (tertiary/aromatic N) is 1. The van der Waals surface area contributed by atoms with Crippen molar-refractivity contribution in [3.8, 4) is 0 Å². The standard InChI is InChI=1S/C15H17N3OS/c1-11-3-5-13(6-4-11)16-10-15(19)18-17-9-14-12(2)7-8-20-14/h3-9,16H,10H2,1-2H3,(H,18,19). The van der Waals surface area contributed by atoms with Gasteiger partial charge in [-0.1, -0.05) is 17.7 Å². The molecule has 2 aromatic rings. The highest BCUT2D eigenvalue weighted by molar-refractivity contribution is 7.11. The van der Waals surface area contributed by atoms with Crippen LogP contribution < -0.4 is 10.7 Å². The van der Waals surface area contributed by atoms with Gasteiger partial charge >= 0.3 is 0 Å². The molecule has 0 unspecified atom stereocenters. The van der Waals surface area contributed by atoms with Gasteiger partial charge in [0.2, 0.25) is 0 Å². The first-order valence-electron chi connectivity index (χ1n) is 6.31. The van der Waals surface area contributed by atoms with Gasteiger partial charge in [0.1, 0.15) is 0 Å². The third-order valence-corrected chi connectivity index (χ3v) is 3.73. The largest absolute Gasteiger partial charge is 0.376 e. The Kier molecular flexibility index (Phi) is 4.90. The van der Waals surface area contributed by atoms with Crippen LogP contribution in [0.4, 0.5) is 5.69 Å². The number of benzene rings is 1. The lowest BCUT2D eigenvalue weighted by Crippen LogP contribution is -2.25. The molecule has 1 heterocycles. The lowest BCUT2D eigenvalue weighted by Gasteiger charge is -2.05. The normalized spacial score (nSPS) is 10.7. The van der Waals surface area contributed by atoms with E-state index < -0.39 is 0 Å². The highest BCUT2D eigenvalue weighted by Crippen LogP contribution is 2.12. The third-order valence-electron chi connectivity index (χ3n) is 2.78. The lowest BCUT2D eigenvalue weighted by molar-refractivity contribution is -0.119. The van der Waals surface area contributed by atoms with Crippen LogP contribution in [0.5, 0.6) is 0 Å². The molecule has 5 heteroatoms. The topological polar surface area (TPSA) is 53.5 Å². The number of nitrogens with one attached hydrogen (secondary N) is 2. The third kappa shape index (κ3) is 4.20. The van der Waals surface area contributed by atoms with Crippen LogP contribution >= 0.6 is 11.3 Å². The summed E-state index contributed by atoms with van der Waals surface area (Å²) < 4.78 is 0. The Morgan fingerprint density at radius 3 is 2.65 bits per heavy atom. The van der Waals surface area contributed by atoms with Crippen molar-refractivity contribution >= 4 is 29.1 Å². The highest BCUT2D eigenvalue weighted by Gasteiger charge is 2.00. The van der Waals surface area contributed by atoms with E-state index in [1.54, 1.807) is 17.6 Å². The predicted molar refractivity (Wildman–Crippen MR) is 84.5 cm³/mol. The van der Waals surface area contributed by atoms with Crippen LogP contribution in [-0.4, -0.2) is 18.7 Å². The molecule has 0 aliphatic rings. The van der Waals surface area contributed by atoms with Crippen LogP contribution in [0.3, 0.4) is 0 Å². The molecule has 0 spiro atoms. The van der Waals surface area contributed by atoms with Crippen molar-refractivity contribution in [3.63, 3.8) is 0 Å². The molecule has 0 bridgehead atoms. The Labute approximate surface area is 122 Å². The van der Waals surface area contributed by atoms with Crippen molar-refractivity contribution in [2.45, 2.75) is 13.8 Å².